The van der Waals surface area contributed by atoms with Crippen LogP contribution in [0.2, 0.25) is 5.02 Å². The molecule has 4 nitrogen and oxygen atoms in total. The minimum Gasteiger partial charge on any atom is -0.497 e. The fraction of sp³-hybridized carbons (Fsp3) is 0.200. The van der Waals surface area contributed by atoms with Crippen molar-refractivity contribution in [3.05, 3.63) is 94.8 Å². The van der Waals surface area contributed by atoms with Crippen molar-refractivity contribution in [2.75, 3.05) is 18.6 Å². The van der Waals surface area contributed by atoms with E-state index in [1.807, 2.05) is 36.5 Å². The van der Waals surface area contributed by atoms with Crippen LogP contribution in [0.1, 0.15) is 22.9 Å². The summed E-state index contributed by atoms with van der Waals surface area (Å²) in [5.74, 6) is 0.791. The van der Waals surface area contributed by atoms with E-state index < -0.39 is 0 Å². The average molecular weight is 416 g/mol. The molecule has 0 amide bonds. The highest BCUT2D eigenvalue weighted by Gasteiger charge is 2.28. The lowest BCUT2D eigenvalue weighted by molar-refractivity contribution is 0.415. The van der Waals surface area contributed by atoms with E-state index in [0.29, 0.717) is 0 Å². The first-order chi connectivity index (χ1) is 14.7. The van der Waals surface area contributed by atoms with Gasteiger partial charge in [0.1, 0.15) is 5.75 Å². The number of ether oxygens (including phenoxy) is 1. The minimum absolute atomic E-state index is 0.195. The molecular weight excluding hydrogens is 394 g/mol. The molecule has 3 aromatic carbocycles. The molecule has 5 rings (SSSR count). The SMILES string of the molecule is COc1ccc2nc(CC3c4ccccc4CCN3c3ccc(Cl)cc3)cnc2c1. The van der Waals surface area contributed by atoms with Gasteiger partial charge in [-0.2, -0.15) is 0 Å². The Kier molecular flexibility index (Phi) is 5.01. The molecule has 150 valence electrons. The van der Waals surface area contributed by atoms with Crippen molar-refractivity contribution in [2.24, 2.45) is 0 Å². The monoisotopic (exact) mass is 415 g/mol. The Balaban J connectivity index is 1.53. The van der Waals surface area contributed by atoms with Crippen LogP contribution in [0, 0.1) is 0 Å². The van der Waals surface area contributed by atoms with E-state index in [1.54, 1.807) is 7.11 Å². The van der Waals surface area contributed by atoms with Gasteiger partial charge in [-0.05, 0) is 53.9 Å². The van der Waals surface area contributed by atoms with Gasteiger partial charge in [-0.25, -0.2) is 4.98 Å². The Hall–Kier alpha value is -3.11. The molecule has 0 saturated carbocycles. The molecule has 0 saturated heterocycles. The first-order valence-electron chi connectivity index (χ1n) is 10.1. The molecule has 1 aliphatic rings. The average Bonchev–Trinajstić information content (AvgIpc) is 2.79. The summed E-state index contributed by atoms with van der Waals surface area (Å²) in [6.45, 7) is 0.960. The molecule has 5 heteroatoms. The largest absolute Gasteiger partial charge is 0.497 e. The topological polar surface area (TPSA) is 38.2 Å². The second-order valence-electron chi connectivity index (χ2n) is 7.55. The van der Waals surface area contributed by atoms with Crippen LogP contribution in [0.25, 0.3) is 11.0 Å². The third-order valence-corrected chi connectivity index (χ3v) is 6.02. The number of halogens is 1. The third kappa shape index (κ3) is 3.59. The number of anilines is 1. The lowest BCUT2D eigenvalue weighted by Crippen LogP contribution is -2.36. The molecule has 30 heavy (non-hydrogen) atoms. The van der Waals surface area contributed by atoms with Crippen molar-refractivity contribution in [2.45, 2.75) is 18.9 Å². The van der Waals surface area contributed by atoms with E-state index in [-0.39, 0.29) is 6.04 Å². The minimum atomic E-state index is 0.195. The normalized spacial score (nSPS) is 15.8. The predicted octanol–water partition coefficient (Wildman–Crippen LogP) is 5.64. The maximum Gasteiger partial charge on any atom is 0.121 e. The number of rotatable bonds is 4. The van der Waals surface area contributed by atoms with Crippen molar-refractivity contribution in [1.29, 1.82) is 0 Å². The molecule has 4 aromatic rings. The zero-order valence-corrected chi connectivity index (χ0v) is 17.5. The second-order valence-corrected chi connectivity index (χ2v) is 7.99. The number of aromatic nitrogens is 2. The molecule has 1 atom stereocenters. The number of methoxy groups -OCH3 is 1. The van der Waals surface area contributed by atoms with E-state index in [0.717, 1.165) is 46.9 Å². The summed E-state index contributed by atoms with van der Waals surface area (Å²) in [6, 6.07) is 22.8. The van der Waals surface area contributed by atoms with Gasteiger partial charge in [-0.1, -0.05) is 35.9 Å². The highest BCUT2D eigenvalue weighted by atomic mass is 35.5. The smallest absolute Gasteiger partial charge is 0.121 e. The van der Waals surface area contributed by atoms with E-state index in [4.69, 9.17) is 21.3 Å². The second kappa shape index (κ2) is 7.96. The third-order valence-electron chi connectivity index (χ3n) is 5.77. The highest BCUT2D eigenvalue weighted by molar-refractivity contribution is 6.30. The summed E-state index contributed by atoms with van der Waals surface area (Å²) in [4.78, 5) is 12.0. The molecule has 0 N–H and O–H groups in total. The molecule has 2 heterocycles. The molecule has 0 radical (unpaired) electrons. The first kappa shape index (κ1) is 18.9. The summed E-state index contributed by atoms with van der Waals surface area (Å²) >= 11 is 6.13. The van der Waals surface area contributed by atoms with Gasteiger partial charge in [0, 0.05) is 35.9 Å². The number of fused-ring (bicyclic) bond motifs is 2. The van der Waals surface area contributed by atoms with Crippen molar-refractivity contribution < 1.29 is 4.74 Å². The molecule has 0 fully saturated rings. The van der Waals surface area contributed by atoms with Gasteiger partial charge in [-0.15, -0.1) is 0 Å². The predicted molar refractivity (Wildman–Crippen MR) is 121 cm³/mol. The van der Waals surface area contributed by atoms with Gasteiger partial charge in [0.2, 0.25) is 0 Å². The van der Waals surface area contributed by atoms with Crippen molar-refractivity contribution in [1.82, 2.24) is 9.97 Å². The van der Waals surface area contributed by atoms with Crippen molar-refractivity contribution in [3.8, 4) is 5.75 Å². The number of hydrogen-bond donors (Lipinski definition) is 0. The van der Waals surface area contributed by atoms with Crippen LogP contribution in [0.15, 0.2) is 72.9 Å². The standard InChI is InChI=1S/C25H22ClN3O/c1-30-21-10-11-23-24(15-21)27-16-19(28-23)14-25-22-5-3-2-4-17(22)12-13-29(25)20-8-6-18(26)7-9-20/h2-11,15-16,25H,12-14H2,1H3. The molecule has 0 aliphatic carbocycles. The lowest BCUT2D eigenvalue weighted by atomic mass is 9.89. The molecule has 0 bridgehead atoms. The van der Waals surface area contributed by atoms with Crippen LogP contribution in [0.4, 0.5) is 5.69 Å². The van der Waals surface area contributed by atoms with Crippen LogP contribution in [0.5, 0.6) is 5.75 Å². The first-order valence-corrected chi connectivity index (χ1v) is 10.5. The Morgan fingerprint density at radius 2 is 1.87 bits per heavy atom. The molecule has 0 spiro atoms. The Bertz CT molecular complexity index is 1190. The fourth-order valence-electron chi connectivity index (χ4n) is 4.27. The van der Waals surface area contributed by atoms with Crippen molar-refractivity contribution in [3.63, 3.8) is 0 Å². The maximum absolute atomic E-state index is 6.13. The van der Waals surface area contributed by atoms with Crippen LogP contribution in [-0.2, 0) is 12.8 Å². The van der Waals surface area contributed by atoms with E-state index >= 15 is 0 Å². The fourth-order valence-corrected chi connectivity index (χ4v) is 4.39. The summed E-state index contributed by atoms with van der Waals surface area (Å²) in [6.07, 6.45) is 3.70. The molecule has 1 aliphatic heterocycles. The quantitative estimate of drug-likeness (QED) is 0.432. The van der Waals surface area contributed by atoms with E-state index in [1.165, 1.54) is 16.8 Å². The zero-order chi connectivity index (χ0) is 20.5. The van der Waals surface area contributed by atoms with Crippen LogP contribution in [0.3, 0.4) is 0 Å². The zero-order valence-electron chi connectivity index (χ0n) is 16.8. The van der Waals surface area contributed by atoms with Gasteiger partial charge in [0.15, 0.2) is 0 Å². The Morgan fingerprint density at radius 3 is 2.70 bits per heavy atom. The summed E-state index contributed by atoms with van der Waals surface area (Å²) < 4.78 is 5.30. The summed E-state index contributed by atoms with van der Waals surface area (Å²) in [7, 11) is 1.66. The van der Waals surface area contributed by atoms with E-state index in [9.17, 15) is 0 Å². The van der Waals surface area contributed by atoms with Crippen LogP contribution in [-0.4, -0.2) is 23.6 Å². The maximum atomic E-state index is 6.13. The molecule has 1 unspecified atom stereocenters. The number of benzene rings is 3. The van der Waals surface area contributed by atoms with Crippen LogP contribution >= 0.6 is 11.6 Å². The highest BCUT2D eigenvalue weighted by Crippen LogP contribution is 2.36. The van der Waals surface area contributed by atoms with Gasteiger partial charge >= 0.3 is 0 Å². The Morgan fingerprint density at radius 1 is 1.03 bits per heavy atom. The van der Waals surface area contributed by atoms with Gasteiger partial charge < -0.3 is 9.64 Å². The Labute approximate surface area is 181 Å². The van der Waals surface area contributed by atoms with Gasteiger partial charge in [-0.3, -0.25) is 4.98 Å². The number of nitrogens with zero attached hydrogens (tertiary/aromatic N) is 3. The summed E-state index contributed by atoms with van der Waals surface area (Å²) in [5, 5.41) is 0.753. The van der Waals surface area contributed by atoms with Gasteiger partial charge in [0.05, 0.1) is 29.9 Å². The molecular formula is C25H22ClN3O. The van der Waals surface area contributed by atoms with Gasteiger partial charge in [0.25, 0.3) is 0 Å². The lowest BCUT2D eigenvalue weighted by Gasteiger charge is -2.39. The van der Waals surface area contributed by atoms with Crippen LogP contribution < -0.4 is 9.64 Å². The number of hydrogen-bond acceptors (Lipinski definition) is 4. The van der Waals surface area contributed by atoms with E-state index in [2.05, 4.69) is 46.3 Å². The summed E-state index contributed by atoms with van der Waals surface area (Å²) in [5.41, 5.74) is 6.65. The molecule has 1 aromatic heterocycles. The van der Waals surface area contributed by atoms with Crippen molar-refractivity contribution >= 4 is 28.3 Å².